The van der Waals surface area contributed by atoms with Gasteiger partial charge in [0.15, 0.2) is 18.4 Å². The van der Waals surface area contributed by atoms with E-state index in [-0.39, 0.29) is 0 Å². The summed E-state index contributed by atoms with van der Waals surface area (Å²) < 4.78 is 74.1. The average molecular weight is 527 g/mol. The van der Waals surface area contributed by atoms with E-state index in [1.54, 1.807) is 7.05 Å². The minimum atomic E-state index is -5.46. The number of hydrogen-bond donors (Lipinski definition) is 2. The Hall–Kier alpha value is -3.27. The third-order valence-corrected chi connectivity index (χ3v) is 5.95. The highest BCUT2D eigenvalue weighted by molar-refractivity contribution is 7.51. The van der Waals surface area contributed by atoms with Gasteiger partial charge in [-0.2, -0.15) is 13.2 Å². The topological polar surface area (TPSA) is 172 Å². The molecular formula is C17H19F3N4O10P+. The van der Waals surface area contributed by atoms with Crippen molar-refractivity contribution in [3.8, 4) is 0 Å². The highest BCUT2D eigenvalue weighted by Crippen LogP contribution is 2.44. The molecule has 2 aromatic heterocycles. The summed E-state index contributed by atoms with van der Waals surface area (Å²) in [4.78, 5) is 58.9. The zero-order valence-electron chi connectivity index (χ0n) is 17.9. The Labute approximate surface area is 193 Å². The first-order valence-corrected chi connectivity index (χ1v) is 11.2. The molecule has 1 aliphatic heterocycles. The number of halogens is 3. The molecule has 192 valence electrons. The van der Waals surface area contributed by atoms with Gasteiger partial charge in [-0.15, -0.1) is 4.34 Å². The summed E-state index contributed by atoms with van der Waals surface area (Å²) in [6, 6.07) is 0.839. The van der Waals surface area contributed by atoms with Crippen LogP contribution in [0.4, 0.5) is 13.2 Å². The van der Waals surface area contributed by atoms with E-state index in [2.05, 4.69) is 4.74 Å². The highest BCUT2D eigenvalue weighted by atomic mass is 31.2. The molecule has 3 rings (SSSR count). The highest BCUT2D eigenvalue weighted by Gasteiger charge is 2.54. The van der Waals surface area contributed by atoms with E-state index in [0.29, 0.717) is 4.57 Å². The van der Waals surface area contributed by atoms with Gasteiger partial charge in [-0.3, -0.25) is 28.6 Å². The van der Waals surface area contributed by atoms with E-state index in [4.69, 9.17) is 14.0 Å². The molecule has 0 spiro atoms. The zero-order valence-corrected chi connectivity index (χ0v) is 18.8. The van der Waals surface area contributed by atoms with E-state index in [0.717, 1.165) is 23.5 Å². The number of hydrogen-bond acceptors (Lipinski definition) is 9. The number of alkyl halides is 3. The molecule has 0 radical (unpaired) electrons. The van der Waals surface area contributed by atoms with Crippen molar-refractivity contribution in [2.75, 3.05) is 6.61 Å². The average Bonchev–Trinajstić information content (AvgIpc) is 3.31. The van der Waals surface area contributed by atoms with Gasteiger partial charge in [-0.25, -0.2) is 18.7 Å². The number of aromatic amines is 1. The van der Waals surface area contributed by atoms with Crippen molar-refractivity contribution in [3.05, 3.63) is 51.8 Å². The Balaban J connectivity index is 1.96. The maximum atomic E-state index is 12.9. The monoisotopic (exact) mass is 527 g/mol. The van der Waals surface area contributed by atoms with Gasteiger partial charge < -0.3 is 14.2 Å². The molecule has 0 aromatic carbocycles. The predicted octanol–water partition coefficient (Wildman–Crippen LogP) is -0.869. The number of carbonyl (C=O) groups is 2. The van der Waals surface area contributed by atoms with Crippen LogP contribution < -0.4 is 15.8 Å². The van der Waals surface area contributed by atoms with Gasteiger partial charge in [-0.05, 0) is 0 Å². The summed E-state index contributed by atoms with van der Waals surface area (Å²) in [7, 11) is -2.99. The van der Waals surface area contributed by atoms with Gasteiger partial charge in [0, 0.05) is 19.2 Å². The van der Waals surface area contributed by atoms with Crippen LogP contribution in [0.1, 0.15) is 13.2 Å². The normalized spacial score (nSPS) is 24.1. The van der Waals surface area contributed by atoms with Crippen LogP contribution in [-0.4, -0.2) is 61.8 Å². The van der Waals surface area contributed by atoms with Crippen molar-refractivity contribution >= 4 is 19.7 Å². The summed E-state index contributed by atoms with van der Waals surface area (Å²) >= 11 is 0. The van der Waals surface area contributed by atoms with Crippen molar-refractivity contribution in [2.45, 2.75) is 37.6 Å². The van der Waals surface area contributed by atoms with Crippen LogP contribution in [0.25, 0.3) is 0 Å². The Morgan fingerprint density at radius 3 is 2.49 bits per heavy atom. The molecule has 35 heavy (non-hydrogen) atoms. The fourth-order valence-corrected chi connectivity index (χ4v) is 4.16. The fourth-order valence-electron chi connectivity index (χ4n) is 3.17. The van der Waals surface area contributed by atoms with Gasteiger partial charge in [-0.1, -0.05) is 0 Å². The van der Waals surface area contributed by atoms with Gasteiger partial charge in [0.05, 0.1) is 13.7 Å². The fraction of sp³-hybridized carbons (Fsp3) is 0.471. The van der Waals surface area contributed by atoms with Crippen molar-refractivity contribution < 1.29 is 55.5 Å². The minimum absolute atomic E-state index is 0.594. The number of aryl methyl sites for hydroxylation is 1. The Bertz CT molecular complexity index is 1270. The molecule has 0 saturated carbocycles. The maximum Gasteiger partial charge on any atom is 0.525 e. The van der Waals surface area contributed by atoms with Crippen LogP contribution in [0.2, 0.25) is 0 Å². The number of ether oxygens (including phenoxy) is 3. The number of carbonyl (C=O) groups excluding carboxylic acids is 2. The molecule has 0 bridgehead atoms. The quantitative estimate of drug-likeness (QED) is 0.262. The molecule has 1 fully saturated rings. The molecule has 0 aliphatic carbocycles. The molecule has 18 heteroatoms. The number of H-pyrrole nitrogens is 1. The number of imidazole rings is 1. The van der Waals surface area contributed by atoms with Gasteiger partial charge in [0.1, 0.15) is 18.5 Å². The van der Waals surface area contributed by atoms with Crippen LogP contribution >= 0.6 is 7.75 Å². The largest absolute Gasteiger partial charge is 0.525 e. The van der Waals surface area contributed by atoms with Crippen LogP contribution in [-0.2, 0) is 39.9 Å². The van der Waals surface area contributed by atoms with Gasteiger partial charge in [0.2, 0.25) is 0 Å². The van der Waals surface area contributed by atoms with Crippen LogP contribution in [0.5, 0.6) is 0 Å². The van der Waals surface area contributed by atoms with Gasteiger partial charge in [0.25, 0.3) is 11.9 Å². The molecule has 2 aromatic rings. The number of nitrogens with zero attached hydrogens (tertiary/aromatic N) is 3. The zero-order chi connectivity index (χ0) is 26.1. The molecule has 1 saturated heterocycles. The molecule has 0 amide bonds. The Morgan fingerprint density at radius 2 is 1.94 bits per heavy atom. The molecule has 14 nitrogen and oxygen atoms in total. The minimum Gasteiger partial charge on any atom is -0.456 e. The van der Waals surface area contributed by atoms with E-state index in [9.17, 15) is 41.8 Å². The van der Waals surface area contributed by atoms with Crippen molar-refractivity contribution in [1.82, 2.24) is 13.9 Å². The van der Waals surface area contributed by atoms with Crippen molar-refractivity contribution in [1.29, 1.82) is 0 Å². The summed E-state index contributed by atoms with van der Waals surface area (Å²) in [6.07, 6.45) is -8.07. The molecule has 2 N–H and O–H groups in total. The standard InChI is InChI=1S/C17H18F3N4O10P/c1-9(25)32-12-10(7-31-35(29,30)23-6-5-22(2)8-23)33-14(13(12)34-15(27)17(18,19)20)24-4-3-11(26)21-16(24)28/h3-6,8,10,12-14H,7H2,1-2H3,(H-,21,26,28,29,30)/p+1/t10-,12?,13+,14-/m1/s1. The van der Waals surface area contributed by atoms with E-state index < -0.39 is 68.3 Å². The lowest BCUT2D eigenvalue weighted by molar-refractivity contribution is -0.670. The van der Waals surface area contributed by atoms with Crippen molar-refractivity contribution in [3.63, 3.8) is 0 Å². The number of esters is 2. The molecular weight excluding hydrogens is 508 g/mol. The molecule has 5 atom stereocenters. The first-order chi connectivity index (χ1) is 16.2. The lowest BCUT2D eigenvalue weighted by Crippen LogP contribution is -2.44. The predicted molar refractivity (Wildman–Crippen MR) is 104 cm³/mol. The van der Waals surface area contributed by atoms with E-state index in [1.165, 1.54) is 23.3 Å². The van der Waals surface area contributed by atoms with E-state index in [1.807, 2.05) is 4.98 Å². The third kappa shape index (κ3) is 6.05. The van der Waals surface area contributed by atoms with Crippen LogP contribution in [0.3, 0.4) is 0 Å². The first-order valence-electron chi connectivity index (χ1n) is 9.62. The SMILES string of the molecule is CC(=O)OC1[C@@H](COP(=O)(O)n2cc[n+](C)c2)O[C@@H](n2ccc(=O)[nH]c2=O)[C@H]1OC(=O)C(F)(F)F. The Morgan fingerprint density at radius 1 is 1.26 bits per heavy atom. The summed E-state index contributed by atoms with van der Waals surface area (Å²) in [5.41, 5.74) is -1.99. The second kappa shape index (κ2) is 9.77. The summed E-state index contributed by atoms with van der Waals surface area (Å²) in [5, 5.41) is 0. The number of nitrogens with one attached hydrogen (secondary N) is 1. The lowest BCUT2D eigenvalue weighted by Gasteiger charge is -2.24. The van der Waals surface area contributed by atoms with Gasteiger partial charge >= 0.3 is 31.6 Å². The molecule has 1 aliphatic rings. The number of aromatic nitrogens is 4. The second-order valence-corrected chi connectivity index (χ2v) is 8.97. The van der Waals surface area contributed by atoms with Crippen molar-refractivity contribution in [2.24, 2.45) is 7.05 Å². The maximum absolute atomic E-state index is 12.9. The number of rotatable bonds is 7. The second-order valence-electron chi connectivity index (χ2n) is 7.27. The lowest BCUT2D eigenvalue weighted by atomic mass is 10.1. The molecule has 3 heterocycles. The summed E-state index contributed by atoms with van der Waals surface area (Å²) in [6.45, 7) is 0.0547. The smallest absolute Gasteiger partial charge is 0.456 e. The summed E-state index contributed by atoms with van der Waals surface area (Å²) in [5.74, 6) is -3.71. The van der Waals surface area contributed by atoms with E-state index >= 15 is 0 Å². The van der Waals surface area contributed by atoms with Crippen LogP contribution in [0, 0.1) is 0 Å². The van der Waals surface area contributed by atoms with Crippen LogP contribution in [0.15, 0.2) is 40.6 Å². The Kier molecular flexibility index (Phi) is 7.35. The molecule has 2 unspecified atom stereocenters. The first kappa shape index (κ1) is 26.3. The third-order valence-electron chi connectivity index (χ3n) is 4.64.